The van der Waals surface area contributed by atoms with Gasteiger partial charge >= 0.3 is 0 Å². The van der Waals surface area contributed by atoms with Crippen molar-refractivity contribution in [3.8, 4) is 17.6 Å². The van der Waals surface area contributed by atoms with Gasteiger partial charge in [0.2, 0.25) is 0 Å². The van der Waals surface area contributed by atoms with Gasteiger partial charge in [-0.05, 0) is 42.8 Å². The molecule has 1 atom stereocenters. The van der Waals surface area contributed by atoms with Crippen LogP contribution in [0.4, 0.5) is 11.4 Å². The molecule has 2 aromatic carbocycles. The molecule has 0 saturated carbocycles. The number of nitriles is 1. The second-order valence-corrected chi connectivity index (χ2v) is 10.8. The summed E-state index contributed by atoms with van der Waals surface area (Å²) in [4.78, 5) is 32.8. The van der Waals surface area contributed by atoms with Crippen molar-refractivity contribution in [2.75, 3.05) is 25.0 Å². The minimum Gasteiger partial charge on any atom is -0.455 e. The number of sulfonamides is 1. The highest BCUT2D eigenvalue weighted by atomic mass is 32.2. The molecule has 1 fully saturated rings. The van der Waals surface area contributed by atoms with E-state index < -0.39 is 31.4 Å². The van der Waals surface area contributed by atoms with Crippen LogP contribution < -0.4 is 14.8 Å². The number of anilines is 1. The van der Waals surface area contributed by atoms with Crippen molar-refractivity contribution in [2.24, 2.45) is 0 Å². The SMILES string of the molecule is N#CCN1CC[C@@H](Nc2ccc(S(=O)(=O)NC(=O)c3ccccc3Oc3cnc4[nH]ccc4c3)cc2[N+](=O)[O-])C1. The number of ether oxygens (including phenoxy) is 1. The van der Waals surface area contributed by atoms with Gasteiger partial charge in [0.05, 0.1) is 34.2 Å². The molecular formula is C26H23N7O6S. The molecule has 1 saturated heterocycles. The summed E-state index contributed by atoms with van der Waals surface area (Å²) in [6, 6.07) is 14.9. The van der Waals surface area contributed by atoms with Gasteiger partial charge in [0.25, 0.3) is 21.6 Å². The van der Waals surface area contributed by atoms with Gasteiger partial charge in [-0.3, -0.25) is 19.8 Å². The number of nitrogens with one attached hydrogen (secondary N) is 3. The number of para-hydroxylation sites is 1. The van der Waals surface area contributed by atoms with Gasteiger partial charge in [0, 0.05) is 36.8 Å². The second-order valence-electron chi connectivity index (χ2n) is 9.08. The molecule has 3 heterocycles. The molecule has 1 amide bonds. The number of likely N-dealkylation sites (tertiary alicyclic amines) is 1. The first-order valence-electron chi connectivity index (χ1n) is 12.1. The number of aromatic amines is 1. The highest BCUT2D eigenvalue weighted by Crippen LogP contribution is 2.30. The van der Waals surface area contributed by atoms with Gasteiger partial charge in [-0.25, -0.2) is 18.1 Å². The summed E-state index contributed by atoms with van der Waals surface area (Å²) in [5, 5.41) is 24.5. The molecule has 1 aliphatic rings. The van der Waals surface area contributed by atoms with Crippen LogP contribution in [0.25, 0.3) is 11.0 Å². The van der Waals surface area contributed by atoms with Crippen LogP contribution in [0.15, 0.2) is 71.9 Å². The van der Waals surface area contributed by atoms with Crippen molar-refractivity contribution >= 4 is 38.3 Å². The number of fused-ring (bicyclic) bond motifs is 1. The number of nitro benzene ring substituents is 1. The van der Waals surface area contributed by atoms with Gasteiger partial charge in [-0.15, -0.1) is 0 Å². The smallest absolute Gasteiger partial charge is 0.293 e. The number of pyridine rings is 1. The van der Waals surface area contributed by atoms with E-state index >= 15 is 0 Å². The molecule has 0 unspecified atom stereocenters. The lowest BCUT2D eigenvalue weighted by molar-refractivity contribution is -0.384. The zero-order valence-corrected chi connectivity index (χ0v) is 21.7. The van der Waals surface area contributed by atoms with Crippen LogP contribution in [0.1, 0.15) is 16.8 Å². The Labute approximate surface area is 228 Å². The monoisotopic (exact) mass is 561 g/mol. The lowest BCUT2D eigenvalue weighted by atomic mass is 10.2. The number of carbonyl (C=O) groups is 1. The third kappa shape index (κ3) is 5.70. The number of hydrogen-bond acceptors (Lipinski definition) is 10. The molecule has 14 heteroatoms. The van der Waals surface area contributed by atoms with E-state index in [-0.39, 0.29) is 29.6 Å². The standard InChI is InChI=1S/C26H23N7O6S/c27-9-12-32-11-8-18(16-32)30-22-6-5-20(14-23(22)33(35)36)40(37,38)31-26(34)21-3-1-2-4-24(21)39-19-13-17-7-10-28-25(17)29-15-19/h1-7,10,13-15,18,30H,8,11-12,16H2,(H,28,29)(H,31,34)/t18-/m1/s1. The molecule has 0 radical (unpaired) electrons. The minimum absolute atomic E-state index is 0.0591. The topological polar surface area (TPSA) is 183 Å². The van der Waals surface area contributed by atoms with Gasteiger partial charge in [0.1, 0.15) is 22.8 Å². The maximum absolute atomic E-state index is 13.1. The number of amides is 1. The molecule has 4 aromatic rings. The van der Waals surface area contributed by atoms with E-state index in [1.807, 2.05) is 9.62 Å². The normalized spacial score (nSPS) is 15.4. The van der Waals surface area contributed by atoms with Crippen LogP contribution in [0.2, 0.25) is 0 Å². The van der Waals surface area contributed by atoms with Crippen LogP contribution in [0, 0.1) is 21.4 Å². The molecule has 0 aliphatic carbocycles. The zero-order valence-electron chi connectivity index (χ0n) is 20.9. The largest absolute Gasteiger partial charge is 0.455 e. The number of H-pyrrole nitrogens is 1. The minimum atomic E-state index is -4.48. The third-order valence-corrected chi connectivity index (χ3v) is 7.69. The highest BCUT2D eigenvalue weighted by molar-refractivity contribution is 7.90. The highest BCUT2D eigenvalue weighted by Gasteiger charge is 2.28. The van der Waals surface area contributed by atoms with Crippen LogP contribution in [-0.2, 0) is 10.0 Å². The van der Waals surface area contributed by atoms with E-state index in [9.17, 15) is 23.3 Å². The first-order chi connectivity index (χ1) is 19.2. The molecule has 40 heavy (non-hydrogen) atoms. The van der Waals surface area contributed by atoms with Crippen LogP contribution >= 0.6 is 0 Å². The maximum Gasteiger partial charge on any atom is 0.293 e. The van der Waals surface area contributed by atoms with Crippen molar-refractivity contribution in [1.82, 2.24) is 19.6 Å². The van der Waals surface area contributed by atoms with Crippen molar-refractivity contribution in [2.45, 2.75) is 17.4 Å². The first kappa shape index (κ1) is 26.6. The summed E-state index contributed by atoms with van der Waals surface area (Å²) in [5.74, 6) is -0.536. The summed E-state index contributed by atoms with van der Waals surface area (Å²) < 4.78 is 34.0. The van der Waals surface area contributed by atoms with E-state index in [0.29, 0.717) is 30.9 Å². The molecule has 3 N–H and O–H groups in total. The van der Waals surface area contributed by atoms with Crippen molar-refractivity contribution < 1.29 is 22.9 Å². The summed E-state index contributed by atoms with van der Waals surface area (Å²) in [5.41, 5.74) is 0.288. The van der Waals surface area contributed by atoms with E-state index in [1.165, 1.54) is 30.5 Å². The predicted molar refractivity (Wildman–Crippen MR) is 144 cm³/mol. The average Bonchev–Trinajstić information content (AvgIpc) is 3.58. The van der Waals surface area contributed by atoms with Gasteiger partial charge < -0.3 is 15.0 Å². The Kier molecular flexibility index (Phi) is 7.32. The Morgan fingerprint density at radius 1 is 1.25 bits per heavy atom. The van der Waals surface area contributed by atoms with Crippen molar-refractivity contribution in [1.29, 1.82) is 5.26 Å². The fourth-order valence-corrected chi connectivity index (χ4v) is 5.43. The maximum atomic E-state index is 13.1. The number of rotatable bonds is 9. The number of benzene rings is 2. The molecule has 5 rings (SSSR count). The van der Waals surface area contributed by atoms with E-state index in [4.69, 9.17) is 10.00 Å². The number of aromatic nitrogens is 2. The summed E-state index contributed by atoms with van der Waals surface area (Å²) in [6.45, 7) is 1.45. The fraction of sp³-hybridized carbons (Fsp3) is 0.192. The van der Waals surface area contributed by atoms with Crippen LogP contribution in [0.3, 0.4) is 0 Å². The molecule has 13 nitrogen and oxygen atoms in total. The first-order valence-corrected chi connectivity index (χ1v) is 13.6. The van der Waals surface area contributed by atoms with Gasteiger partial charge in [-0.2, -0.15) is 5.26 Å². The lowest BCUT2D eigenvalue weighted by Gasteiger charge is -2.16. The zero-order chi connectivity index (χ0) is 28.3. The molecular weight excluding hydrogens is 538 g/mol. The molecule has 1 aliphatic heterocycles. The molecule has 2 aromatic heterocycles. The lowest BCUT2D eigenvalue weighted by Crippen LogP contribution is -2.31. The Morgan fingerprint density at radius 3 is 2.88 bits per heavy atom. The summed E-state index contributed by atoms with van der Waals surface area (Å²) in [6.07, 6.45) is 3.86. The van der Waals surface area contributed by atoms with E-state index in [2.05, 4.69) is 21.4 Å². The number of hydrogen-bond donors (Lipinski definition) is 3. The molecule has 0 spiro atoms. The van der Waals surface area contributed by atoms with E-state index in [0.717, 1.165) is 11.5 Å². The molecule has 0 bridgehead atoms. The predicted octanol–water partition coefficient (Wildman–Crippen LogP) is 3.39. The molecule has 204 valence electrons. The Bertz CT molecular complexity index is 1750. The Balaban J connectivity index is 1.34. The van der Waals surface area contributed by atoms with Crippen LogP contribution in [0.5, 0.6) is 11.5 Å². The van der Waals surface area contributed by atoms with Crippen molar-refractivity contribution in [3.63, 3.8) is 0 Å². The number of carbonyl (C=O) groups excluding carboxylic acids is 1. The van der Waals surface area contributed by atoms with Crippen molar-refractivity contribution in [3.05, 3.63) is 82.7 Å². The summed E-state index contributed by atoms with van der Waals surface area (Å²) in [7, 11) is -4.48. The Hall–Kier alpha value is -5.00. The van der Waals surface area contributed by atoms with Gasteiger partial charge in [0.15, 0.2) is 0 Å². The van der Waals surface area contributed by atoms with Gasteiger partial charge in [-0.1, -0.05) is 12.1 Å². The number of nitro groups is 1. The average molecular weight is 562 g/mol. The summed E-state index contributed by atoms with van der Waals surface area (Å²) >= 11 is 0. The fourth-order valence-electron chi connectivity index (χ4n) is 4.45. The van der Waals surface area contributed by atoms with E-state index in [1.54, 1.807) is 30.5 Å². The second kappa shape index (κ2) is 11.0. The van der Waals surface area contributed by atoms with Crippen LogP contribution in [-0.4, -0.2) is 59.8 Å². The Morgan fingerprint density at radius 2 is 2.08 bits per heavy atom. The quantitative estimate of drug-likeness (QED) is 0.155. The third-order valence-electron chi connectivity index (χ3n) is 6.36. The number of nitrogens with zero attached hydrogens (tertiary/aromatic N) is 4.